The Kier molecular flexibility index (Phi) is 4.53. The van der Waals surface area contributed by atoms with E-state index in [0.717, 1.165) is 5.56 Å². The van der Waals surface area contributed by atoms with Gasteiger partial charge in [0.15, 0.2) is 0 Å². The summed E-state index contributed by atoms with van der Waals surface area (Å²) < 4.78 is 37.0. The summed E-state index contributed by atoms with van der Waals surface area (Å²) in [5.41, 5.74) is 1.53. The molecule has 0 aliphatic heterocycles. The van der Waals surface area contributed by atoms with Gasteiger partial charge in [0.25, 0.3) is 0 Å². The Hall–Kier alpha value is -2.01. The molecular formula is C15H11ClF3NO. The molecule has 0 aliphatic rings. The van der Waals surface area contributed by atoms with Crippen molar-refractivity contribution in [3.8, 4) is 0 Å². The Bertz CT molecular complexity index is 641. The van der Waals surface area contributed by atoms with Gasteiger partial charge in [-0.1, -0.05) is 41.9 Å². The molecule has 0 aliphatic carbocycles. The predicted molar refractivity (Wildman–Crippen MR) is 75.4 cm³/mol. The van der Waals surface area contributed by atoms with Crippen LogP contribution in [-0.4, -0.2) is 12.1 Å². The lowest BCUT2D eigenvalue weighted by Crippen LogP contribution is -2.30. The van der Waals surface area contributed by atoms with Crippen LogP contribution < -0.4 is 5.32 Å². The zero-order chi connectivity index (χ0) is 15.5. The number of halogens is 4. The van der Waals surface area contributed by atoms with Crippen LogP contribution in [0.4, 0.5) is 18.9 Å². The van der Waals surface area contributed by atoms with Gasteiger partial charge < -0.3 is 5.32 Å². The predicted octanol–water partition coefficient (Wildman–Crippen LogP) is 4.43. The number of carbonyl (C=O) groups excluding carboxylic acids is 1. The van der Waals surface area contributed by atoms with Crippen LogP contribution in [0.2, 0.25) is 5.02 Å². The highest BCUT2D eigenvalue weighted by Crippen LogP contribution is 2.25. The fraction of sp³-hybridized carbons (Fsp3) is 0.133. The van der Waals surface area contributed by atoms with E-state index in [2.05, 4.69) is 0 Å². The van der Waals surface area contributed by atoms with Crippen molar-refractivity contribution in [3.63, 3.8) is 0 Å². The van der Waals surface area contributed by atoms with Crippen LogP contribution in [0.25, 0.3) is 0 Å². The van der Waals surface area contributed by atoms with Crippen LogP contribution in [0.1, 0.15) is 11.1 Å². The van der Waals surface area contributed by atoms with E-state index in [1.54, 1.807) is 6.07 Å². The summed E-state index contributed by atoms with van der Waals surface area (Å²) in [4.78, 5) is 11.1. The van der Waals surface area contributed by atoms with E-state index >= 15 is 0 Å². The number of alkyl halides is 3. The zero-order valence-electron chi connectivity index (χ0n) is 10.7. The Morgan fingerprint density at radius 3 is 2.38 bits per heavy atom. The first-order valence-corrected chi connectivity index (χ1v) is 6.44. The van der Waals surface area contributed by atoms with Crippen LogP contribution >= 0.6 is 11.6 Å². The highest BCUT2D eigenvalue weighted by atomic mass is 35.5. The van der Waals surface area contributed by atoms with E-state index < -0.39 is 12.1 Å². The third-order valence-electron chi connectivity index (χ3n) is 2.81. The molecule has 110 valence electrons. The lowest BCUT2D eigenvalue weighted by Gasteiger charge is -2.13. The van der Waals surface area contributed by atoms with Crippen LogP contribution in [0.3, 0.4) is 0 Å². The zero-order valence-corrected chi connectivity index (χ0v) is 11.5. The number of rotatable bonds is 3. The third kappa shape index (κ3) is 4.23. The molecule has 2 aromatic rings. The van der Waals surface area contributed by atoms with Crippen LogP contribution in [-0.2, 0) is 11.2 Å². The van der Waals surface area contributed by atoms with Crippen LogP contribution in [0.15, 0.2) is 48.5 Å². The number of hydrogen-bond donors (Lipinski definition) is 1. The minimum Gasteiger partial charge on any atom is -0.318 e. The van der Waals surface area contributed by atoms with E-state index in [1.807, 2.05) is 35.6 Å². The van der Waals surface area contributed by atoms with Crippen LogP contribution in [0.5, 0.6) is 0 Å². The first kappa shape index (κ1) is 15.4. The second-order valence-electron chi connectivity index (χ2n) is 4.42. The molecule has 0 bridgehead atoms. The second kappa shape index (κ2) is 6.18. The highest BCUT2D eigenvalue weighted by Gasteiger charge is 2.38. The molecule has 1 amide bonds. The van der Waals surface area contributed by atoms with Gasteiger partial charge in [-0.15, -0.1) is 0 Å². The molecule has 2 aromatic carbocycles. The van der Waals surface area contributed by atoms with Gasteiger partial charge in [-0.25, -0.2) is 0 Å². The van der Waals surface area contributed by atoms with Crippen molar-refractivity contribution in [1.29, 1.82) is 0 Å². The summed E-state index contributed by atoms with van der Waals surface area (Å²) in [6.07, 6.45) is -4.56. The summed E-state index contributed by atoms with van der Waals surface area (Å²) >= 11 is 5.87. The number of hydrogen-bond acceptors (Lipinski definition) is 1. The molecule has 1 N–H and O–H groups in total. The molecule has 0 atom stereocenters. The Labute approximate surface area is 124 Å². The highest BCUT2D eigenvalue weighted by molar-refractivity contribution is 6.30. The number of benzene rings is 2. The minimum atomic E-state index is -4.93. The molecule has 2 rings (SSSR count). The fourth-order valence-electron chi connectivity index (χ4n) is 1.84. The van der Waals surface area contributed by atoms with Gasteiger partial charge in [-0.3, -0.25) is 4.79 Å². The summed E-state index contributed by atoms with van der Waals surface area (Å²) in [5, 5.41) is 2.27. The number of carbonyl (C=O) groups is 1. The Balaban J connectivity index is 2.28. The van der Waals surface area contributed by atoms with Crippen molar-refractivity contribution >= 4 is 23.2 Å². The largest absolute Gasteiger partial charge is 0.471 e. The van der Waals surface area contributed by atoms with E-state index in [9.17, 15) is 18.0 Å². The molecule has 0 spiro atoms. The summed E-state index contributed by atoms with van der Waals surface area (Å²) in [5.74, 6) is -2.00. The minimum absolute atomic E-state index is 0.102. The van der Waals surface area contributed by atoms with E-state index in [4.69, 9.17) is 11.6 Å². The number of nitrogens with one attached hydrogen (secondary N) is 1. The van der Waals surface area contributed by atoms with Gasteiger partial charge in [-0.2, -0.15) is 13.2 Å². The molecule has 0 saturated carbocycles. The molecule has 6 heteroatoms. The van der Waals surface area contributed by atoms with Crippen molar-refractivity contribution in [2.24, 2.45) is 0 Å². The lowest BCUT2D eigenvalue weighted by molar-refractivity contribution is -0.167. The van der Waals surface area contributed by atoms with Crippen molar-refractivity contribution in [2.75, 3.05) is 5.32 Å². The molecule has 2 nitrogen and oxygen atoms in total. The van der Waals surface area contributed by atoms with E-state index in [0.29, 0.717) is 17.0 Å². The lowest BCUT2D eigenvalue weighted by atomic mass is 10.0. The maximum atomic E-state index is 12.3. The monoisotopic (exact) mass is 313 g/mol. The average molecular weight is 314 g/mol. The molecule has 0 aromatic heterocycles. The molecule has 0 unspecified atom stereocenters. The molecular weight excluding hydrogens is 303 g/mol. The molecule has 0 heterocycles. The van der Waals surface area contributed by atoms with Gasteiger partial charge in [0.05, 0.1) is 0 Å². The average Bonchev–Trinajstić information content (AvgIpc) is 2.42. The van der Waals surface area contributed by atoms with Crippen molar-refractivity contribution in [2.45, 2.75) is 12.6 Å². The van der Waals surface area contributed by atoms with Crippen molar-refractivity contribution in [1.82, 2.24) is 0 Å². The Morgan fingerprint density at radius 1 is 1.10 bits per heavy atom. The third-order valence-corrected chi connectivity index (χ3v) is 3.05. The first-order chi connectivity index (χ1) is 9.86. The smallest absolute Gasteiger partial charge is 0.318 e. The fourth-order valence-corrected chi connectivity index (χ4v) is 2.03. The van der Waals surface area contributed by atoms with E-state index in [-0.39, 0.29) is 5.69 Å². The quantitative estimate of drug-likeness (QED) is 0.892. The normalized spacial score (nSPS) is 11.2. The summed E-state index contributed by atoms with van der Waals surface area (Å²) in [6, 6.07) is 13.5. The molecule has 0 saturated heterocycles. The maximum absolute atomic E-state index is 12.3. The number of anilines is 1. The van der Waals surface area contributed by atoms with Crippen molar-refractivity contribution < 1.29 is 18.0 Å². The van der Waals surface area contributed by atoms with Gasteiger partial charge in [0, 0.05) is 10.7 Å². The van der Waals surface area contributed by atoms with E-state index in [1.165, 1.54) is 12.1 Å². The van der Waals surface area contributed by atoms with Crippen molar-refractivity contribution in [3.05, 3.63) is 64.7 Å². The Morgan fingerprint density at radius 2 is 1.76 bits per heavy atom. The van der Waals surface area contributed by atoms with Gasteiger partial charge in [0.2, 0.25) is 0 Å². The topological polar surface area (TPSA) is 29.1 Å². The molecule has 21 heavy (non-hydrogen) atoms. The van der Waals surface area contributed by atoms with Gasteiger partial charge in [0.1, 0.15) is 0 Å². The summed E-state index contributed by atoms with van der Waals surface area (Å²) in [6.45, 7) is 0. The van der Waals surface area contributed by atoms with Gasteiger partial charge >= 0.3 is 12.1 Å². The maximum Gasteiger partial charge on any atom is 0.471 e. The summed E-state index contributed by atoms with van der Waals surface area (Å²) in [7, 11) is 0. The van der Waals surface area contributed by atoms with Crippen LogP contribution in [0, 0.1) is 0 Å². The second-order valence-corrected chi connectivity index (χ2v) is 4.85. The SMILES string of the molecule is O=C(Nc1ccc(Cl)cc1Cc1ccccc1)C(F)(F)F. The first-order valence-electron chi connectivity index (χ1n) is 6.07. The molecule has 0 radical (unpaired) electrons. The van der Waals surface area contributed by atoms with Gasteiger partial charge in [-0.05, 0) is 35.7 Å². The molecule has 0 fully saturated rings. The number of amides is 1. The standard InChI is InChI=1S/C15H11ClF3NO/c16-12-6-7-13(20-14(21)15(17,18)19)11(9-12)8-10-4-2-1-3-5-10/h1-7,9H,8H2,(H,20,21).